The molecule has 1 N–H and O–H groups in total. The van der Waals surface area contributed by atoms with Crippen LogP contribution in [0, 0.1) is 5.82 Å². The molecule has 0 bridgehead atoms. The lowest BCUT2D eigenvalue weighted by molar-refractivity contribution is -0.146. The van der Waals surface area contributed by atoms with Crippen molar-refractivity contribution >= 4 is 23.5 Å². The van der Waals surface area contributed by atoms with E-state index < -0.39 is 17.8 Å². The molecule has 2 rings (SSSR count). The summed E-state index contributed by atoms with van der Waals surface area (Å²) in [6.45, 7) is 1.20. The van der Waals surface area contributed by atoms with Crippen molar-refractivity contribution in [3.63, 3.8) is 0 Å². The lowest BCUT2D eigenvalue weighted by atomic mass is 10.2. The summed E-state index contributed by atoms with van der Waals surface area (Å²) in [6, 6.07) is 11.8. The molecule has 0 aliphatic heterocycles. The molecule has 120 valence electrons. The van der Waals surface area contributed by atoms with Crippen molar-refractivity contribution in [3.05, 3.63) is 70.5 Å². The van der Waals surface area contributed by atoms with E-state index in [4.69, 9.17) is 16.3 Å². The first-order chi connectivity index (χ1) is 11.0. The van der Waals surface area contributed by atoms with Crippen LogP contribution in [0.15, 0.2) is 48.5 Å². The van der Waals surface area contributed by atoms with Gasteiger partial charge in [-0.2, -0.15) is 0 Å². The number of nitrogens with one attached hydrogen (secondary N) is 1. The molecule has 4 nitrogen and oxygen atoms in total. The third kappa shape index (κ3) is 4.53. The maximum atomic E-state index is 13.6. The minimum atomic E-state index is -0.867. The van der Waals surface area contributed by atoms with Crippen LogP contribution in [-0.2, 0) is 16.1 Å². The Morgan fingerprint density at radius 3 is 2.52 bits per heavy atom. The average molecular weight is 336 g/mol. The van der Waals surface area contributed by atoms with E-state index in [1.165, 1.54) is 25.1 Å². The lowest BCUT2D eigenvalue weighted by Crippen LogP contribution is -2.39. The molecule has 1 atom stereocenters. The van der Waals surface area contributed by atoms with Crippen LogP contribution in [0.1, 0.15) is 22.8 Å². The maximum absolute atomic E-state index is 13.6. The zero-order valence-corrected chi connectivity index (χ0v) is 13.1. The first kappa shape index (κ1) is 17.0. The van der Waals surface area contributed by atoms with Gasteiger partial charge < -0.3 is 10.1 Å². The highest BCUT2D eigenvalue weighted by Crippen LogP contribution is 2.19. The standard InChI is InChI=1S/C17H15ClFNO3/c1-11(20-16(21)12-6-3-2-4-7-12)17(22)23-10-13-14(18)8-5-9-15(13)19/h2-9,11H,10H2,1H3,(H,20,21)/t11-/m0/s1. The Bertz CT molecular complexity index is 686. The Kier molecular flexibility index (Phi) is 5.71. The molecular formula is C17H15ClFNO3. The van der Waals surface area contributed by atoms with Gasteiger partial charge in [0.15, 0.2) is 0 Å². The van der Waals surface area contributed by atoms with Crippen LogP contribution in [-0.4, -0.2) is 17.9 Å². The Hall–Kier alpha value is -2.40. The summed E-state index contributed by atoms with van der Waals surface area (Å²) in [7, 11) is 0. The van der Waals surface area contributed by atoms with Crippen LogP contribution in [0.2, 0.25) is 5.02 Å². The van der Waals surface area contributed by atoms with Crippen molar-refractivity contribution in [1.82, 2.24) is 5.32 Å². The fourth-order valence-corrected chi connectivity index (χ4v) is 2.08. The number of hydrogen-bond acceptors (Lipinski definition) is 3. The van der Waals surface area contributed by atoms with E-state index in [2.05, 4.69) is 5.32 Å². The number of carbonyl (C=O) groups excluding carboxylic acids is 2. The molecule has 0 saturated carbocycles. The van der Waals surface area contributed by atoms with E-state index in [-0.39, 0.29) is 23.1 Å². The van der Waals surface area contributed by atoms with Crippen molar-refractivity contribution in [2.45, 2.75) is 19.6 Å². The molecule has 0 heterocycles. The van der Waals surface area contributed by atoms with Crippen LogP contribution in [0.25, 0.3) is 0 Å². The average Bonchev–Trinajstić information content (AvgIpc) is 2.54. The van der Waals surface area contributed by atoms with Crippen LogP contribution in [0.5, 0.6) is 0 Å². The third-order valence-electron chi connectivity index (χ3n) is 3.16. The topological polar surface area (TPSA) is 55.4 Å². The highest BCUT2D eigenvalue weighted by molar-refractivity contribution is 6.31. The smallest absolute Gasteiger partial charge is 0.328 e. The minimum absolute atomic E-state index is 0.101. The largest absolute Gasteiger partial charge is 0.459 e. The van der Waals surface area contributed by atoms with Gasteiger partial charge in [0.25, 0.3) is 5.91 Å². The molecule has 0 radical (unpaired) electrons. The summed E-state index contributed by atoms with van der Waals surface area (Å²) >= 11 is 5.86. The van der Waals surface area contributed by atoms with Crippen LogP contribution in [0.3, 0.4) is 0 Å². The second kappa shape index (κ2) is 7.74. The molecule has 0 aliphatic carbocycles. The van der Waals surface area contributed by atoms with Gasteiger partial charge in [-0.15, -0.1) is 0 Å². The first-order valence-electron chi connectivity index (χ1n) is 6.94. The van der Waals surface area contributed by atoms with E-state index in [1.807, 2.05) is 0 Å². The Balaban J connectivity index is 1.92. The van der Waals surface area contributed by atoms with Crippen LogP contribution < -0.4 is 5.32 Å². The predicted octanol–water partition coefficient (Wildman–Crippen LogP) is 3.34. The summed E-state index contributed by atoms with van der Waals surface area (Å²) < 4.78 is 18.6. The fraction of sp³-hybridized carbons (Fsp3) is 0.176. The van der Waals surface area contributed by atoms with E-state index in [1.54, 1.807) is 30.3 Å². The Morgan fingerprint density at radius 1 is 1.17 bits per heavy atom. The van der Waals surface area contributed by atoms with Gasteiger partial charge in [-0.25, -0.2) is 9.18 Å². The zero-order chi connectivity index (χ0) is 16.8. The SMILES string of the molecule is C[C@H](NC(=O)c1ccccc1)C(=O)OCc1c(F)cccc1Cl. The fourth-order valence-electron chi connectivity index (χ4n) is 1.87. The molecule has 0 unspecified atom stereocenters. The number of esters is 1. The third-order valence-corrected chi connectivity index (χ3v) is 3.51. The normalized spacial score (nSPS) is 11.6. The number of amides is 1. The monoisotopic (exact) mass is 335 g/mol. The van der Waals surface area contributed by atoms with Crippen molar-refractivity contribution in [3.8, 4) is 0 Å². The quantitative estimate of drug-likeness (QED) is 0.853. The van der Waals surface area contributed by atoms with Crippen molar-refractivity contribution in [1.29, 1.82) is 0 Å². The maximum Gasteiger partial charge on any atom is 0.328 e. The summed E-state index contributed by atoms with van der Waals surface area (Å²) in [5, 5.41) is 2.70. The van der Waals surface area contributed by atoms with Gasteiger partial charge in [0.2, 0.25) is 0 Å². The molecular weight excluding hydrogens is 321 g/mol. The molecule has 0 spiro atoms. The second-order valence-electron chi connectivity index (χ2n) is 4.87. The summed E-state index contributed by atoms with van der Waals surface area (Å²) in [4.78, 5) is 23.8. The van der Waals surface area contributed by atoms with Crippen molar-refractivity contribution < 1.29 is 18.7 Å². The molecule has 0 aliphatic rings. The number of hydrogen-bond donors (Lipinski definition) is 1. The number of benzene rings is 2. The van der Waals surface area contributed by atoms with E-state index in [0.29, 0.717) is 5.56 Å². The van der Waals surface area contributed by atoms with E-state index in [0.717, 1.165) is 0 Å². The number of halogens is 2. The number of rotatable bonds is 5. The van der Waals surface area contributed by atoms with Crippen LogP contribution in [0.4, 0.5) is 4.39 Å². The van der Waals surface area contributed by atoms with Crippen molar-refractivity contribution in [2.75, 3.05) is 0 Å². The first-order valence-corrected chi connectivity index (χ1v) is 7.32. The Morgan fingerprint density at radius 2 is 1.87 bits per heavy atom. The number of ether oxygens (including phenoxy) is 1. The summed E-state index contributed by atoms with van der Waals surface area (Å²) in [5.74, 6) is -1.61. The molecule has 2 aromatic carbocycles. The van der Waals surface area contributed by atoms with Gasteiger partial charge in [0.1, 0.15) is 18.5 Å². The highest BCUT2D eigenvalue weighted by Gasteiger charge is 2.19. The van der Waals surface area contributed by atoms with E-state index >= 15 is 0 Å². The summed E-state index contributed by atoms with van der Waals surface area (Å²) in [6.07, 6.45) is 0. The molecule has 2 aromatic rings. The number of carbonyl (C=O) groups is 2. The summed E-state index contributed by atoms with van der Waals surface area (Å²) in [5.41, 5.74) is 0.536. The van der Waals surface area contributed by atoms with Gasteiger partial charge in [-0.05, 0) is 31.2 Å². The van der Waals surface area contributed by atoms with Gasteiger partial charge in [0, 0.05) is 11.1 Å². The van der Waals surface area contributed by atoms with Crippen LogP contribution >= 0.6 is 11.6 Å². The second-order valence-corrected chi connectivity index (χ2v) is 5.28. The predicted molar refractivity (Wildman–Crippen MR) is 84.6 cm³/mol. The molecule has 0 saturated heterocycles. The zero-order valence-electron chi connectivity index (χ0n) is 12.4. The van der Waals surface area contributed by atoms with Gasteiger partial charge >= 0.3 is 5.97 Å². The highest BCUT2D eigenvalue weighted by atomic mass is 35.5. The van der Waals surface area contributed by atoms with Gasteiger partial charge in [-0.1, -0.05) is 35.9 Å². The molecule has 6 heteroatoms. The van der Waals surface area contributed by atoms with Crippen molar-refractivity contribution in [2.24, 2.45) is 0 Å². The van der Waals surface area contributed by atoms with Gasteiger partial charge in [-0.3, -0.25) is 4.79 Å². The minimum Gasteiger partial charge on any atom is -0.459 e. The molecule has 23 heavy (non-hydrogen) atoms. The lowest BCUT2D eigenvalue weighted by Gasteiger charge is -2.14. The molecule has 1 amide bonds. The Labute approximate surface area is 138 Å². The van der Waals surface area contributed by atoms with Gasteiger partial charge in [0.05, 0.1) is 5.02 Å². The van der Waals surface area contributed by atoms with E-state index in [9.17, 15) is 14.0 Å². The molecule has 0 fully saturated rings. The molecule has 0 aromatic heterocycles.